The fraction of sp³-hybridized carbons (Fsp3) is 0.684. The van der Waals surface area contributed by atoms with Crippen LogP contribution in [0.4, 0.5) is 0 Å². The summed E-state index contributed by atoms with van der Waals surface area (Å²) in [6, 6.07) is 2.22. The van der Waals surface area contributed by atoms with Crippen molar-refractivity contribution < 1.29 is 27.0 Å². The monoisotopic (exact) mass is 476 g/mol. The van der Waals surface area contributed by atoms with Crippen LogP contribution in [0.25, 0.3) is 0 Å². The van der Waals surface area contributed by atoms with Crippen LogP contribution in [0, 0.1) is 5.92 Å². The largest absolute Gasteiger partial charge is 0.460 e. The van der Waals surface area contributed by atoms with Gasteiger partial charge in [0.2, 0.25) is 0 Å². The summed E-state index contributed by atoms with van der Waals surface area (Å²) in [7, 11) is -6.67. The normalized spacial score (nSPS) is 27.1. The molecule has 1 aromatic heterocycles. The quantitative estimate of drug-likeness (QED) is 0.604. The number of hydrogen-bond acceptors (Lipinski definition) is 7. The lowest BCUT2D eigenvalue weighted by Crippen LogP contribution is -2.43. The van der Waals surface area contributed by atoms with E-state index in [0.29, 0.717) is 25.7 Å². The molecular weight excluding hydrogens is 448 g/mol. The molecule has 3 rings (SSSR count). The van der Waals surface area contributed by atoms with Gasteiger partial charge in [0.15, 0.2) is 0 Å². The minimum atomic E-state index is -3.78. The van der Waals surface area contributed by atoms with Crippen molar-refractivity contribution >= 4 is 43.0 Å². The molecule has 2 aliphatic rings. The van der Waals surface area contributed by atoms with E-state index in [1.54, 1.807) is 32.2 Å². The zero-order chi connectivity index (χ0) is 22.3. The van der Waals surface area contributed by atoms with Crippen LogP contribution in [0.15, 0.2) is 26.1 Å². The van der Waals surface area contributed by atoms with Gasteiger partial charge in [-0.05, 0) is 57.9 Å². The Balaban J connectivity index is 1.69. The summed E-state index contributed by atoms with van der Waals surface area (Å²) < 4.78 is 49.4. The van der Waals surface area contributed by atoms with E-state index in [0.717, 1.165) is 11.3 Å². The summed E-state index contributed by atoms with van der Waals surface area (Å²) in [6.45, 7) is 5.60. The fourth-order valence-corrected chi connectivity index (χ4v) is 8.19. The third kappa shape index (κ3) is 4.95. The number of thiophene rings is 1. The summed E-state index contributed by atoms with van der Waals surface area (Å²) >= 11 is 1.10. The molecule has 1 unspecified atom stereocenters. The van der Waals surface area contributed by atoms with Crippen molar-refractivity contribution in [1.29, 1.82) is 0 Å². The highest BCUT2D eigenvalue weighted by Crippen LogP contribution is 2.36. The van der Waals surface area contributed by atoms with Gasteiger partial charge in [-0.2, -0.15) is 8.67 Å². The second-order valence-electron chi connectivity index (χ2n) is 8.82. The lowest BCUT2D eigenvalue weighted by atomic mass is 9.85. The van der Waals surface area contributed by atoms with Gasteiger partial charge >= 0.3 is 5.97 Å². The third-order valence-corrected chi connectivity index (χ3v) is 10.7. The van der Waals surface area contributed by atoms with Gasteiger partial charge in [-0.1, -0.05) is 6.07 Å². The molecule has 8 nitrogen and oxygen atoms in total. The van der Waals surface area contributed by atoms with Crippen molar-refractivity contribution in [2.24, 2.45) is 10.3 Å². The van der Waals surface area contributed by atoms with Gasteiger partial charge in [0.05, 0.1) is 15.6 Å². The van der Waals surface area contributed by atoms with Crippen molar-refractivity contribution in [2.45, 2.75) is 67.6 Å². The maximum atomic E-state index is 13.1. The highest BCUT2D eigenvalue weighted by Gasteiger charge is 2.44. The van der Waals surface area contributed by atoms with Gasteiger partial charge in [-0.25, -0.2) is 12.6 Å². The van der Waals surface area contributed by atoms with E-state index < -0.39 is 37.3 Å². The molecule has 1 saturated carbocycles. The topological polar surface area (TPSA) is 110 Å². The Labute approximate surface area is 182 Å². The highest BCUT2D eigenvalue weighted by atomic mass is 32.2. The number of rotatable bonds is 5. The second kappa shape index (κ2) is 8.33. The first-order chi connectivity index (χ1) is 13.8. The van der Waals surface area contributed by atoms with E-state index >= 15 is 0 Å². The Kier molecular flexibility index (Phi) is 6.48. The predicted octanol–water partition coefficient (Wildman–Crippen LogP) is 2.65. The first-order valence-electron chi connectivity index (χ1n) is 9.84. The Bertz CT molecular complexity index is 1030. The van der Waals surface area contributed by atoms with Crippen LogP contribution in [0.2, 0.25) is 0 Å². The average Bonchev–Trinajstić information content (AvgIpc) is 3.23. The van der Waals surface area contributed by atoms with Crippen LogP contribution < -0.4 is 0 Å². The zero-order valence-corrected chi connectivity index (χ0v) is 20.0. The number of amides is 1. The Morgan fingerprint density at radius 1 is 1.23 bits per heavy atom. The van der Waals surface area contributed by atoms with Gasteiger partial charge in [0.25, 0.3) is 15.9 Å². The standard InChI is InChI=1S/C19H28N2O6S3/c1-19(2,3)27-18(23)13-11-14(12-13)29(4,24)20-17(22)15-7-5-9-21(15)30(25,26)16-8-6-10-28-16/h6,8,10,13-15H,5,7,9,11-12H2,1-4H3/t13?,14?,15-,29?/m0/s1. The first-order valence-corrected chi connectivity index (χ1v) is 14.1. The minimum absolute atomic E-state index is 0.179. The summed E-state index contributed by atoms with van der Waals surface area (Å²) in [5, 5.41) is 1.28. The summed E-state index contributed by atoms with van der Waals surface area (Å²) in [5.74, 6) is -1.34. The molecular formula is C19H28N2O6S3. The lowest BCUT2D eigenvalue weighted by Gasteiger charge is -2.35. The van der Waals surface area contributed by atoms with Crippen LogP contribution in [0.5, 0.6) is 0 Å². The third-order valence-electron chi connectivity index (χ3n) is 5.27. The van der Waals surface area contributed by atoms with Crippen LogP contribution in [-0.2, 0) is 34.1 Å². The van der Waals surface area contributed by atoms with E-state index in [1.165, 1.54) is 16.6 Å². The highest BCUT2D eigenvalue weighted by molar-refractivity contribution is 7.94. The summed E-state index contributed by atoms with van der Waals surface area (Å²) in [6.07, 6.45) is 3.01. The predicted molar refractivity (Wildman–Crippen MR) is 115 cm³/mol. The molecule has 0 bridgehead atoms. The molecule has 1 aliphatic carbocycles. The smallest absolute Gasteiger partial charge is 0.309 e. The molecule has 168 valence electrons. The molecule has 2 fully saturated rings. The van der Waals surface area contributed by atoms with Crippen LogP contribution >= 0.6 is 11.3 Å². The minimum Gasteiger partial charge on any atom is -0.460 e. The number of nitrogens with zero attached hydrogens (tertiary/aromatic N) is 2. The molecule has 11 heteroatoms. The van der Waals surface area contributed by atoms with Crippen molar-refractivity contribution in [2.75, 3.05) is 12.8 Å². The molecule has 30 heavy (non-hydrogen) atoms. The maximum Gasteiger partial charge on any atom is 0.309 e. The van der Waals surface area contributed by atoms with E-state index in [-0.39, 0.29) is 27.9 Å². The fourth-order valence-electron chi connectivity index (χ4n) is 3.61. The Morgan fingerprint density at radius 3 is 2.47 bits per heavy atom. The van der Waals surface area contributed by atoms with Gasteiger partial charge in [0, 0.05) is 18.1 Å². The summed E-state index contributed by atoms with van der Waals surface area (Å²) in [4.78, 5) is 24.9. The molecule has 1 aromatic rings. The molecule has 0 radical (unpaired) electrons. The molecule has 0 N–H and O–H groups in total. The number of ether oxygens (including phenoxy) is 1. The molecule has 0 spiro atoms. The van der Waals surface area contributed by atoms with Crippen molar-refractivity contribution in [1.82, 2.24) is 4.31 Å². The van der Waals surface area contributed by atoms with Gasteiger partial charge < -0.3 is 4.74 Å². The van der Waals surface area contributed by atoms with Gasteiger partial charge in [0.1, 0.15) is 15.9 Å². The van der Waals surface area contributed by atoms with Gasteiger partial charge in [-0.3, -0.25) is 9.59 Å². The number of esters is 1. The summed E-state index contributed by atoms with van der Waals surface area (Å²) in [5.41, 5.74) is -0.587. The Hall–Kier alpha value is -1.30. The molecule has 1 amide bonds. The van der Waals surface area contributed by atoms with Crippen LogP contribution in [-0.4, -0.2) is 58.5 Å². The lowest BCUT2D eigenvalue weighted by molar-refractivity contribution is -0.162. The van der Waals surface area contributed by atoms with Crippen LogP contribution in [0.3, 0.4) is 0 Å². The van der Waals surface area contributed by atoms with E-state index in [1.807, 2.05) is 0 Å². The van der Waals surface area contributed by atoms with E-state index in [9.17, 15) is 22.2 Å². The number of hydrogen-bond donors (Lipinski definition) is 0. The van der Waals surface area contributed by atoms with Gasteiger partial charge in [-0.15, -0.1) is 11.3 Å². The van der Waals surface area contributed by atoms with Crippen LogP contribution in [0.1, 0.15) is 46.5 Å². The average molecular weight is 477 g/mol. The zero-order valence-electron chi connectivity index (χ0n) is 17.6. The number of carbonyl (C=O) groups excluding carboxylic acids is 2. The number of sulfonamides is 1. The molecule has 1 saturated heterocycles. The molecule has 2 heterocycles. The SMILES string of the molecule is CC(C)(C)OC(=O)C1CC(S(C)(=O)=NC(=O)[C@@H]2CCCN2S(=O)(=O)c2cccs2)C1. The Morgan fingerprint density at radius 2 is 1.90 bits per heavy atom. The second-order valence-corrected chi connectivity index (χ2v) is 14.5. The van der Waals surface area contributed by atoms with E-state index in [4.69, 9.17) is 4.74 Å². The van der Waals surface area contributed by atoms with Crippen molar-refractivity contribution in [3.63, 3.8) is 0 Å². The molecule has 2 atom stereocenters. The molecule has 0 aromatic carbocycles. The van der Waals surface area contributed by atoms with Crippen molar-refractivity contribution in [3.05, 3.63) is 17.5 Å². The molecule has 1 aliphatic heterocycles. The van der Waals surface area contributed by atoms with E-state index in [2.05, 4.69) is 4.36 Å². The first kappa shape index (κ1) is 23.4. The number of carbonyl (C=O) groups is 2. The van der Waals surface area contributed by atoms with Crippen molar-refractivity contribution in [3.8, 4) is 0 Å². The maximum absolute atomic E-state index is 13.1.